The Morgan fingerprint density at radius 1 is 0.455 bits per heavy atom. The molecular weight excluding hydrogens is 527 g/mol. The van der Waals surface area contributed by atoms with Gasteiger partial charge in [0.05, 0.1) is 0 Å². The van der Waals surface area contributed by atoms with E-state index in [0.29, 0.717) is 29.6 Å². The highest BCUT2D eigenvalue weighted by atomic mass is 14.3. The summed E-state index contributed by atoms with van der Waals surface area (Å²) in [5.74, 6) is 2.30. The van der Waals surface area contributed by atoms with Crippen LogP contribution in [0.1, 0.15) is 127 Å². The van der Waals surface area contributed by atoms with E-state index in [4.69, 9.17) is 0 Å². The maximum Gasteiger partial charge on any atom is 0.243 e. The topological polar surface area (TPSA) is 0 Å². The van der Waals surface area contributed by atoms with Crippen molar-refractivity contribution < 1.29 is 0 Å². The average Bonchev–Trinajstić information content (AvgIpc) is 3.31. The van der Waals surface area contributed by atoms with Crippen LogP contribution >= 0.6 is 0 Å². The first-order chi connectivity index (χ1) is 21.0. The molecular formula is C43H47B. The molecule has 1 aliphatic rings. The molecule has 1 aliphatic heterocycles. The lowest BCUT2D eigenvalue weighted by atomic mass is 9.35. The van der Waals surface area contributed by atoms with Gasteiger partial charge in [0.15, 0.2) is 0 Å². The normalized spacial score (nSPS) is 13.3. The zero-order valence-corrected chi connectivity index (χ0v) is 28.4. The molecule has 222 valence electrons. The van der Waals surface area contributed by atoms with Crippen molar-refractivity contribution >= 4 is 55.4 Å². The summed E-state index contributed by atoms with van der Waals surface area (Å²) < 4.78 is 0. The fourth-order valence-electron chi connectivity index (χ4n) is 8.20. The molecule has 0 amide bonds. The van der Waals surface area contributed by atoms with Gasteiger partial charge in [0.2, 0.25) is 6.71 Å². The van der Waals surface area contributed by atoms with Crippen molar-refractivity contribution in [1.82, 2.24) is 0 Å². The molecule has 0 saturated carbocycles. The molecule has 0 aromatic heterocycles. The van der Waals surface area contributed by atoms with Gasteiger partial charge in [-0.3, -0.25) is 0 Å². The minimum atomic E-state index is 0.219. The van der Waals surface area contributed by atoms with Crippen LogP contribution in [0.15, 0.2) is 72.8 Å². The van der Waals surface area contributed by atoms with Crippen LogP contribution in [0.2, 0.25) is 0 Å². The second-order valence-electron chi connectivity index (χ2n) is 15.1. The van der Waals surface area contributed by atoms with Gasteiger partial charge in [-0.2, -0.15) is 0 Å². The Hall–Kier alpha value is -3.58. The lowest BCUT2D eigenvalue weighted by Gasteiger charge is -2.28. The van der Waals surface area contributed by atoms with E-state index in [1.165, 1.54) is 76.7 Å². The molecule has 6 aromatic rings. The van der Waals surface area contributed by atoms with Crippen molar-refractivity contribution in [1.29, 1.82) is 0 Å². The molecule has 0 atom stereocenters. The van der Waals surface area contributed by atoms with Gasteiger partial charge in [-0.1, -0.05) is 158 Å². The summed E-state index contributed by atoms with van der Waals surface area (Å²) in [5, 5.41) is 8.29. The van der Waals surface area contributed by atoms with E-state index >= 15 is 0 Å². The highest BCUT2D eigenvalue weighted by Crippen LogP contribution is 2.42. The number of rotatable bonds is 6. The second kappa shape index (κ2) is 10.5. The molecule has 6 aromatic carbocycles. The maximum atomic E-state index is 2.58. The largest absolute Gasteiger partial charge is 0.243 e. The lowest BCUT2D eigenvalue weighted by Crippen LogP contribution is -2.53. The molecule has 0 saturated heterocycles. The second-order valence-corrected chi connectivity index (χ2v) is 15.1. The Balaban J connectivity index is 1.70. The average molecular weight is 575 g/mol. The van der Waals surface area contributed by atoms with Gasteiger partial charge < -0.3 is 0 Å². The van der Waals surface area contributed by atoms with Crippen LogP contribution in [0.4, 0.5) is 0 Å². The minimum absolute atomic E-state index is 0.219. The van der Waals surface area contributed by atoms with Crippen LogP contribution in [0.5, 0.6) is 0 Å². The van der Waals surface area contributed by atoms with Crippen LogP contribution < -0.4 is 16.4 Å². The number of hydrogen-bond acceptors (Lipinski definition) is 0. The summed E-state index contributed by atoms with van der Waals surface area (Å²) in [4.78, 5) is 0. The summed E-state index contributed by atoms with van der Waals surface area (Å²) in [7, 11) is 0. The van der Waals surface area contributed by atoms with Crippen LogP contribution in [0.25, 0.3) is 43.4 Å². The van der Waals surface area contributed by atoms with E-state index in [1.54, 1.807) is 10.9 Å². The number of fused-ring (bicyclic) bond motifs is 4. The first kappa shape index (κ1) is 29.2. The van der Waals surface area contributed by atoms with Gasteiger partial charge in [-0.05, 0) is 101 Å². The van der Waals surface area contributed by atoms with Crippen LogP contribution in [0, 0.1) is 0 Å². The first-order valence-corrected chi connectivity index (χ1v) is 17.0. The smallest absolute Gasteiger partial charge is 0.0618 e. The summed E-state index contributed by atoms with van der Waals surface area (Å²) >= 11 is 0. The van der Waals surface area contributed by atoms with Gasteiger partial charge in [0.25, 0.3) is 0 Å². The predicted octanol–water partition coefficient (Wildman–Crippen LogP) is 10.7. The third kappa shape index (κ3) is 4.26. The highest BCUT2D eigenvalue weighted by Gasteiger charge is 2.41. The monoisotopic (exact) mass is 574 g/mol. The molecule has 0 N–H and O–H groups in total. The van der Waals surface area contributed by atoms with Crippen molar-refractivity contribution in [2.45, 2.75) is 98.8 Å². The summed E-state index contributed by atoms with van der Waals surface area (Å²) in [6.07, 6.45) is 0. The predicted molar refractivity (Wildman–Crippen MR) is 197 cm³/mol. The van der Waals surface area contributed by atoms with E-state index < -0.39 is 0 Å². The number of benzene rings is 6. The third-order valence-corrected chi connectivity index (χ3v) is 10.5. The molecule has 0 aliphatic carbocycles. The van der Waals surface area contributed by atoms with Crippen LogP contribution in [-0.4, -0.2) is 6.71 Å². The van der Waals surface area contributed by atoms with Gasteiger partial charge >= 0.3 is 0 Å². The fraction of sp³-hybridized carbons (Fsp3) is 0.349. The van der Waals surface area contributed by atoms with E-state index in [2.05, 4.69) is 142 Å². The lowest BCUT2D eigenvalue weighted by molar-refractivity contribution is 0.812. The Morgan fingerprint density at radius 2 is 0.955 bits per heavy atom. The van der Waals surface area contributed by atoms with Crippen molar-refractivity contribution in [3.8, 4) is 11.1 Å². The number of hydrogen-bond donors (Lipinski definition) is 0. The molecule has 0 spiro atoms. The molecule has 0 bridgehead atoms. The van der Waals surface area contributed by atoms with E-state index in [1.807, 2.05) is 0 Å². The molecule has 0 unspecified atom stereocenters. The summed E-state index contributed by atoms with van der Waals surface area (Å²) in [5.41, 5.74) is 15.0. The van der Waals surface area contributed by atoms with Gasteiger partial charge in [-0.25, -0.2) is 0 Å². The van der Waals surface area contributed by atoms with Crippen molar-refractivity contribution in [3.63, 3.8) is 0 Å². The standard InChI is InChI=1S/C43H47B/c1-23(2)31-18-34(25(5)6)42(35(19-31)26(7)8)44-38-22-30-15-14-28-12-11-13-29-16-17-33(40(30)39(28)29)41(38)37-21-32(24(3)4)20-36(27(9)10)43(37)44/h11-27H,1-10H3. The molecule has 7 rings (SSSR count). The van der Waals surface area contributed by atoms with Crippen LogP contribution in [-0.2, 0) is 0 Å². The molecule has 0 fully saturated rings. The van der Waals surface area contributed by atoms with Crippen molar-refractivity contribution in [2.24, 2.45) is 0 Å². The maximum absolute atomic E-state index is 2.58. The summed E-state index contributed by atoms with van der Waals surface area (Å²) in [6, 6.07) is 29.1. The van der Waals surface area contributed by atoms with E-state index in [0.717, 1.165) is 0 Å². The van der Waals surface area contributed by atoms with E-state index in [-0.39, 0.29) is 6.71 Å². The Bertz CT molecular complexity index is 2010. The zero-order chi connectivity index (χ0) is 31.2. The van der Waals surface area contributed by atoms with Gasteiger partial charge in [-0.15, -0.1) is 0 Å². The van der Waals surface area contributed by atoms with Crippen molar-refractivity contribution in [3.05, 3.63) is 101 Å². The first-order valence-electron chi connectivity index (χ1n) is 17.0. The highest BCUT2D eigenvalue weighted by molar-refractivity contribution is 7.00. The molecule has 1 heterocycles. The zero-order valence-electron chi connectivity index (χ0n) is 28.4. The molecule has 0 radical (unpaired) electrons. The van der Waals surface area contributed by atoms with Gasteiger partial charge in [0, 0.05) is 0 Å². The molecule has 1 heteroatoms. The summed E-state index contributed by atoms with van der Waals surface area (Å²) in [6.45, 7) is 24.0. The molecule has 44 heavy (non-hydrogen) atoms. The Morgan fingerprint density at radius 3 is 1.50 bits per heavy atom. The molecule has 0 nitrogen and oxygen atoms in total. The minimum Gasteiger partial charge on any atom is -0.0618 e. The van der Waals surface area contributed by atoms with Crippen molar-refractivity contribution in [2.75, 3.05) is 0 Å². The van der Waals surface area contributed by atoms with Crippen LogP contribution in [0.3, 0.4) is 0 Å². The third-order valence-electron chi connectivity index (χ3n) is 10.5. The quantitative estimate of drug-likeness (QED) is 0.137. The SMILES string of the molecule is CC(C)c1cc2c(c(C(C)C)c1)B(c1c(C(C)C)cc(C(C)C)cc1C(C)C)c1cc3ccc4cccc5ccc(c1-2)c3c45. The Labute approximate surface area is 265 Å². The van der Waals surface area contributed by atoms with E-state index in [9.17, 15) is 0 Å². The Kier molecular flexibility index (Phi) is 6.96. The van der Waals surface area contributed by atoms with Gasteiger partial charge in [0.1, 0.15) is 0 Å². The fourth-order valence-corrected chi connectivity index (χ4v) is 8.20.